The summed E-state index contributed by atoms with van der Waals surface area (Å²) in [6.07, 6.45) is 1.62. The van der Waals surface area contributed by atoms with Crippen molar-refractivity contribution in [3.63, 3.8) is 0 Å². The molecule has 3 rings (SSSR count). The molecule has 1 amide bonds. The van der Waals surface area contributed by atoms with Crippen LogP contribution in [0.3, 0.4) is 0 Å². The fraction of sp³-hybridized carbons (Fsp3) is 0.217. The molecule has 2 aromatic carbocycles. The maximum Gasteiger partial charge on any atom is 0.340 e. The van der Waals surface area contributed by atoms with Crippen molar-refractivity contribution in [2.45, 2.75) is 6.92 Å². The molecule has 0 bridgehead atoms. The van der Waals surface area contributed by atoms with E-state index in [1.165, 1.54) is 33.3 Å². The average molecular weight is 409 g/mol. The maximum atomic E-state index is 13.3. The van der Waals surface area contributed by atoms with E-state index in [4.69, 9.17) is 18.9 Å². The predicted molar refractivity (Wildman–Crippen MR) is 113 cm³/mol. The Morgan fingerprint density at radius 3 is 2.03 bits per heavy atom. The van der Waals surface area contributed by atoms with E-state index in [0.717, 1.165) is 0 Å². The molecule has 0 unspecified atom stereocenters. The Kier molecular flexibility index (Phi) is 6.11. The smallest absolute Gasteiger partial charge is 0.340 e. The fourth-order valence-electron chi connectivity index (χ4n) is 3.42. The molecule has 0 radical (unpaired) electrons. The van der Waals surface area contributed by atoms with Crippen molar-refractivity contribution in [1.29, 1.82) is 0 Å². The standard InChI is InChI=1S/C23H23NO6/c1-14-20(23(26)30-5)17(22(25)24(14)16-9-7-6-8-10-16)11-15-12-18(27-2)21(29-4)19(13-15)28-3/h6-13H,1-5H3/b17-11-. The Bertz CT molecular complexity index is 1010. The molecule has 0 fully saturated rings. The van der Waals surface area contributed by atoms with E-state index in [2.05, 4.69) is 0 Å². The van der Waals surface area contributed by atoms with Crippen LogP contribution in [-0.4, -0.2) is 40.3 Å². The second kappa shape index (κ2) is 8.73. The monoisotopic (exact) mass is 409 g/mol. The molecule has 0 spiro atoms. The van der Waals surface area contributed by atoms with Crippen LogP contribution in [0.15, 0.2) is 59.3 Å². The zero-order valence-corrected chi connectivity index (χ0v) is 17.5. The predicted octanol–water partition coefficient (Wildman–Crippen LogP) is 3.59. The average Bonchev–Trinajstić information content (AvgIpc) is 3.02. The van der Waals surface area contributed by atoms with Crippen LogP contribution in [0, 0.1) is 0 Å². The van der Waals surface area contributed by atoms with Crippen molar-refractivity contribution in [1.82, 2.24) is 0 Å². The minimum absolute atomic E-state index is 0.208. The second-order valence-electron chi connectivity index (χ2n) is 6.44. The van der Waals surface area contributed by atoms with Crippen molar-refractivity contribution in [2.75, 3.05) is 33.3 Å². The van der Waals surface area contributed by atoms with Crippen LogP contribution in [-0.2, 0) is 14.3 Å². The van der Waals surface area contributed by atoms with Crippen LogP contribution in [0.25, 0.3) is 6.08 Å². The Balaban J connectivity index is 2.18. The molecule has 0 aromatic heterocycles. The van der Waals surface area contributed by atoms with Crippen molar-refractivity contribution < 1.29 is 28.5 Å². The molecular weight excluding hydrogens is 386 g/mol. The topological polar surface area (TPSA) is 74.3 Å². The third-order valence-electron chi connectivity index (χ3n) is 4.80. The summed E-state index contributed by atoms with van der Waals surface area (Å²) in [6, 6.07) is 12.5. The SMILES string of the molecule is COC(=O)C1=C(C)N(c2ccccc2)C(=O)/C1=C\c1cc(OC)c(OC)c(OC)c1. The molecule has 1 heterocycles. The van der Waals surface area contributed by atoms with Gasteiger partial charge in [0.25, 0.3) is 5.91 Å². The van der Waals surface area contributed by atoms with Gasteiger partial charge in [0.2, 0.25) is 5.75 Å². The summed E-state index contributed by atoms with van der Waals surface area (Å²) in [4.78, 5) is 27.3. The molecule has 0 saturated carbocycles. The number of ether oxygens (including phenoxy) is 4. The third-order valence-corrected chi connectivity index (χ3v) is 4.80. The summed E-state index contributed by atoms with van der Waals surface area (Å²) < 4.78 is 21.1. The Labute approximate surface area is 175 Å². The van der Waals surface area contributed by atoms with E-state index < -0.39 is 5.97 Å². The van der Waals surface area contributed by atoms with Crippen molar-refractivity contribution >= 4 is 23.6 Å². The molecule has 156 valence electrons. The van der Waals surface area contributed by atoms with Gasteiger partial charge < -0.3 is 18.9 Å². The van der Waals surface area contributed by atoms with Gasteiger partial charge in [-0.1, -0.05) is 18.2 Å². The van der Waals surface area contributed by atoms with Crippen LogP contribution in [0.1, 0.15) is 12.5 Å². The lowest BCUT2D eigenvalue weighted by Crippen LogP contribution is -2.24. The van der Waals surface area contributed by atoms with E-state index in [0.29, 0.717) is 34.2 Å². The normalized spacial score (nSPS) is 14.9. The van der Waals surface area contributed by atoms with Gasteiger partial charge in [-0.2, -0.15) is 0 Å². The zero-order chi connectivity index (χ0) is 21.8. The first kappa shape index (κ1) is 21.0. The Morgan fingerprint density at radius 1 is 0.933 bits per heavy atom. The lowest BCUT2D eigenvalue weighted by molar-refractivity contribution is -0.136. The zero-order valence-electron chi connectivity index (χ0n) is 17.5. The molecule has 0 saturated heterocycles. The van der Waals surface area contributed by atoms with Gasteiger partial charge >= 0.3 is 5.97 Å². The maximum absolute atomic E-state index is 13.3. The van der Waals surface area contributed by atoms with Crippen LogP contribution in [0.4, 0.5) is 5.69 Å². The summed E-state index contributed by atoms with van der Waals surface area (Å²) in [7, 11) is 5.82. The lowest BCUT2D eigenvalue weighted by Gasteiger charge is -2.17. The highest BCUT2D eigenvalue weighted by molar-refractivity contribution is 6.23. The Morgan fingerprint density at radius 2 is 1.53 bits per heavy atom. The number of benzene rings is 2. The minimum atomic E-state index is -0.585. The summed E-state index contributed by atoms with van der Waals surface area (Å²) in [6.45, 7) is 1.72. The van der Waals surface area contributed by atoms with Gasteiger partial charge in [-0.25, -0.2) is 4.79 Å². The van der Waals surface area contributed by atoms with Gasteiger partial charge in [-0.15, -0.1) is 0 Å². The fourth-order valence-corrected chi connectivity index (χ4v) is 3.42. The number of nitrogens with zero attached hydrogens (tertiary/aromatic N) is 1. The van der Waals surface area contributed by atoms with E-state index in [9.17, 15) is 9.59 Å². The van der Waals surface area contributed by atoms with Crippen LogP contribution >= 0.6 is 0 Å². The molecule has 7 heteroatoms. The van der Waals surface area contributed by atoms with Crippen molar-refractivity contribution in [2.24, 2.45) is 0 Å². The molecule has 0 aliphatic carbocycles. The minimum Gasteiger partial charge on any atom is -0.493 e. The number of hydrogen-bond acceptors (Lipinski definition) is 6. The van der Waals surface area contributed by atoms with E-state index in [-0.39, 0.29) is 17.1 Å². The van der Waals surface area contributed by atoms with Gasteiger partial charge in [0.15, 0.2) is 11.5 Å². The van der Waals surface area contributed by atoms with E-state index >= 15 is 0 Å². The summed E-state index contributed by atoms with van der Waals surface area (Å²) in [5.74, 6) is 0.403. The molecule has 0 N–H and O–H groups in total. The summed E-state index contributed by atoms with van der Waals surface area (Å²) in [5, 5.41) is 0. The molecule has 1 aliphatic rings. The van der Waals surface area contributed by atoms with Crippen molar-refractivity contribution in [3.8, 4) is 17.2 Å². The molecule has 0 atom stereocenters. The first-order chi connectivity index (χ1) is 14.5. The van der Waals surface area contributed by atoms with Gasteiger partial charge in [0.05, 0.1) is 39.6 Å². The highest BCUT2D eigenvalue weighted by Gasteiger charge is 2.37. The number of amides is 1. The van der Waals surface area contributed by atoms with E-state index in [1.807, 2.05) is 18.2 Å². The van der Waals surface area contributed by atoms with Crippen molar-refractivity contribution in [3.05, 3.63) is 64.9 Å². The number of esters is 1. The Hall–Kier alpha value is -3.74. The summed E-state index contributed by atoms with van der Waals surface area (Å²) in [5.41, 5.74) is 2.20. The van der Waals surface area contributed by atoms with Gasteiger partial charge in [-0.05, 0) is 42.8 Å². The first-order valence-corrected chi connectivity index (χ1v) is 9.17. The lowest BCUT2D eigenvalue weighted by atomic mass is 10.0. The molecule has 30 heavy (non-hydrogen) atoms. The third kappa shape index (κ3) is 3.61. The molecule has 1 aliphatic heterocycles. The van der Waals surface area contributed by atoms with Crippen LogP contribution in [0.2, 0.25) is 0 Å². The van der Waals surface area contributed by atoms with E-state index in [1.54, 1.807) is 37.3 Å². The van der Waals surface area contributed by atoms with Gasteiger partial charge in [0, 0.05) is 11.4 Å². The number of carbonyl (C=O) groups excluding carboxylic acids is 2. The number of anilines is 1. The molecule has 7 nitrogen and oxygen atoms in total. The van der Waals surface area contributed by atoms with Crippen LogP contribution < -0.4 is 19.1 Å². The molecule has 2 aromatic rings. The second-order valence-corrected chi connectivity index (χ2v) is 6.44. The largest absolute Gasteiger partial charge is 0.493 e. The number of methoxy groups -OCH3 is 4. The number of carbonyl (C=O) groups is 2. The van der Waals surface area contributed by atoms with Gasteiger partial charge in [0.1, 0.15) is 0 Å². The number of para-hydroxylation sites is 1. The van der Waals surface area contributed by atoms with Crippen LogP contribution in [0.5, 0.6) is 17.2 Å². The summed E-state index contributed by atoms with van der Waals surface area (Å²) >= 11 is 0. The number of allylic oxidation sites excluding steroid dienone is 1. The number of rotatable bonds is 6. The molecular formula is C23H23NO6. The van der Waals surface area contributed by atoms with Gasteiger partial charge in [-0.3, -0.25) is 9.69 Å². The highest BCUT2D eigenvalue weighted by atomic mass is 16.5. The number of hydrogen-bond donors (Lipinski definition) is 0. The highest BCUT2D eigenvalue weighted by Crippen LogP contribution is 2.40. The quantitative estimate of drug-likeness (QED) is 0.536. The first-order valence-electron chi connectivity index (χ1n) is 9.17.